The second-order valence-corrected chi connectivity index (χ2v) is 3.21. The van der Waals surface area contributed by atoms with Crippen molar-refractivity contribution in [3.63, 3.8) is 0 Å². The summed E-state index contributed by atoms with van der Waals surface area (Å²) in [6.45, 7) is -3.68. The molecular weight excluding hydrogens is 292 g/mol. The van der Waals surface area contributed by atoms with E-state index in [9.17, 15) is 35.1 Å². The Kier molecular flexibility index (Phi) is 3.82. The Hall–Kier alpha value is -1.74. The van der Waals surface area contributed by atoms with E-state index in [4.69, 9.17) is 5.11 Å². The van der Waals surface area contributed by atoms with Gasteiger partial charge in [-0.1, -0.05) is 0 Å². The van der Waals surface area contributed by atoms with Gasteiger partial charge in [0.2, 0.25) is 0 Å². The molecule has 108 valence electrons. The third-order valence-electron chi connectivity index (χ3n) is 1.94. The highest BCUT2D eigenvalue weighted by atomic mass is 19.4. The number of hydrogen-bond acceptors (Lipinski definition) is 2. The fourth-order valence-electron chi connectivity index (χ4n) is 1.27. The van der Waals surface area contributed by atoms with Crippen LogP contribution in [0.15, 0.2) is 12.1 Å². The Bertz CT molecular complexity index is 463. The van der Waals surface area contributed by atoms with E-state index < -0.39 is 41.6 Å². The lowest BCUT2D eigenvalue weighted by atomic mass is 10.1. The minimum atomic E-state index is -5.49. The highest BCUT2D eigenvalue weighted by molar-refractivity contribution is 5.52. The number of alkyl halides is 8. The van der Waals surface area contributed by atoms with Gasteiger partial charge in [-0.25, -0.2) is 0 Å². The second kappa shape index (κ2) is 4.74. The summed E-state index contributed by atoms with van der Waals surface area (Å²) in [6, 6.07) is 0.0831. The number of hydrogen-bond donors (Lipinski definition) is 1. The van der Waals surface area contributed by atoms with Crippen molar-refractivity contribution >= 4 is 0 Å². The normalized spacial score (nSPS) is 12.9. The van der Waals surface area contributed by atoms with E-state index in [0.717, 1.165) is 0 Å². The highest BCUT2D eigenvalue weighted by Crippen LogP contribution is 2.48. The van der Waals surface area contributed by atoms with Crippen LogP contribution in [0.5, 0.6) is 11.5 Å². The Morgan fingerprint density at radius 1 is 0.947 bits per heavy atom. The first-order chi connectivity index (χ1) is 8.44. The van der Waals surface area contributed by atoms with E-state index in [-0.39, 0.29) is 12.1 Å². The van der Waals surface area contributed by atoms with Crippen molar-refractivity contribution in [1.82, 2.24) is 0 Å². The molecule has 0 aromatic heterocycles. The second-order valence-electron chi connectivity index (χ2n) is 3.21. The SMILES string of the molecule is Oc1c(C(F)(F)F)ccc(OC(F)F)c1C(F)(F)F. The summed E-state index contributed by atoms with van der Waals surface area (Å²) in [4.78, 5) is 0. The Labute approximate surface area is 99.8 Å². The predicted octanol–water partition coefficient (Wildman–Crippen LogP) is 4.03. The minimum absolute atomic E-state index is 0.0162. The third kappa shape index (κ3) is 3.38. The molecule has 0 aliphatic rings. The van der Waals surface area contributed by atoms with Crippen LogP contribution in [0.25, 0.3) is 0 Å². The molecule has 1 N–H and O–H groups in total. The molecule has 0 radical (unpaired) electrons. The Morgan fingerprint density at radius 3 is 1.84 bits per heavy atom. The molecule has 2 nitrogen and oxygen atoms in total. The fraction of sp³-hybridized carbons (Fsp3) is 0.333. The van der Waals surface area contributed by atoms with Crippen molar-refractivity contribution < 1.29 is 45.0 Å². The lowest BCUT2D eigenvalue weighted by Crippen LogP contribution is -2.15. The quantitative estimate of drug-likeness (QED) is 0.835. The minimum Gasteiger partial charge on any atom is -0.507 e. The van der Waals surface area contributed by atoms with Crippen molar-refractivity contribution in [3.8, 4) is 11.5 Å². The van der Waals surface area contributed by atoms with Crippen molar-refractivity contribution in [2.45, 2.75) is 19.0 Å². The van der Waals surface area contributed by atoms with Gasteiger partial charge in [-0.15, -0.1) is 0 Å². The molecule has 1 rings (SSSR count). The van der Waals surface area contributed by atoms with Crippen LogP contribution in [0.1, 0.15) is 11.1 Å². The van der Waals surface area contributed by atoms with E-state index >= 15 is 0 Å². The van der Waals surface area contributed by atoms with Gasteiger partial charge in [0.15, 0.2) is 0 Å². The van der Waals surface area contributed by atoms with Crippen LogP contribution in [0.3, 0.4) is 0 Å². The summed E-state index contributed by atoms with van der Waals surface area (Å²) < 4.78 is 101. The standard InChI is InChI=1S/C9H4F8O2/c10-7(11)19-4-2-1-3(8(12,13)14)6(18)5(4)9(15,16)17/h1-2,7,18H. The first-order valence-corrected chi connectivity index (χ1v) is 4.39. The number of ether oxygens (including phenoxy) is 1. The van der Waals surface area contributed by atoms with E-state index in [1.54, 1.807) is 0 Å². The molecule has 10 heteroatoms. The molecule has 0 saturated carbocycles. The number of phenols is 1. The first kappa shape index (κ1) is 15.3. The maximum atomic E-state index is 12.5. The molecule has 0 bridgehead atoms. The predicted molar refractivity (Wildman–Crippen MR) is 44.7 cm³/mol. The number of rotatable bonds is 2. The van der Waals surface area contributed by atoms with Crippen LogP contribution in [-0.4, -0.2) is 11.7 Å². The van der Waals surface area contributed by atoms with Crippen molar-refractivity contribution in [1.29, 1.82) is 0 Å². The molecule has 1 aromatic carbocycles. The van der Waals surface area contributed by atoms with Crippen LogP contribution in [0.2, 0.25) is 0 Å². The van der Waals surface area contributed by atoms with Gasteiger partial charge in [0.1, 0.15) is 17.1 Å². The maximum absolute atomic E-state index is 12.5. The molecule has 0 aliphatic carbocycles. The zero-order valence-electron chi connectivity index (χ0n) is 8.61. The first-order valence-electron chi connectivity index (χ1n) is 4.39. The number of phenolic OH excluding ortho intramolecular Hbond substituents is 1. The number of benzene rings is 1. The van der Waals surface area contributed by atoms with E-state index in [2.05, 4.69) is 4.74 Å². The average molecular weight is 296 g/mol. The lowest BCUT2D eigenvalue weighted by molar-refractivity contribution is -0.148. The molecule has 0 heterocycles. The van der Waals surface area contributed by atoms with Crippen molar-refractivity contribution in [2.24, 2.45) is 0 Å². The zero-order chi connectivity index (χ0) is 15.0. The summed E-state index contributed by atoms with van der Waals surface area (Å²) >= 11 is 0. The summed E-state index contributed by atoms with van der Waals surface area (Å²) in [5, 5.41) is 8.99. The van der Waals surface area contributed by atoms with E-state index in [1.165, 1.54) is 0 Å². The lowest BCUT2D eigenvalue weighted by Gasteiger charge is -2.18. The molecule has 0 amide bonds. The largest absolute Gasteiger partial charge is 0.507 e. The molecule has 0 aliphatic heterocycles. The number of aromatic hydroxyl groups is 1. The number of halogens is 8. The van der Waals surface area contributed by atoms with Gasteiger partial charge in [-0.2, -0.15) is 35.1 Å². The fourth-order valence-corrected chi connectivity index (χ4v) is 1.27. The monoisotopic (exact) mass is 296 g/mol. The van der Waals surface area contributed by atoms with E-state index in [0.29, 0.717) is 0 Å². The van der Waals surface area contributed by atoms with Crippen LogP contribution < -0.4 is 4.74 Å². The van der Waals surface area contributed by atoms with Gasteiger partial charge in [-0.3, -0.25) is 0 Å². The van der Waals surface area contributed by atoms with Gasteiger partial charge in [0, 0.05) is 0 Å². The molecular formula is C9H4F8O2. The van der Waals surface area contributed by atoms with Crippen LogP contribution in [0, 0.1) is 0 Å². The van der Waals surface area contributed by atoms with Crippen LogP contribution in [-0.2, 0) is 12.4 Å². The molecule has 0 spiro atoms. The van der Waals surface area contributed by atoms with Gasteiger partial charge < -0.3 is 9.84 Å². The third-order valence-corrected chi connectivity index (χ3v) is 1.94. The topological polar surface area (TPSA) is 29.5 Å². The molecule has 0 unspecified atom stereocenters. The Balaban J connectivity index is 3.50. The van der Waals surface area contributed by atoms with Gasteiger partial charge >= 0.3 is 19.0 Å². The molecule has 0 fully saturated rings. The Morgan fingerprint density at radius 2 is 1.47 bits per heavy atom. The summed E-state index contributed by atoms with van der Waals surface area (Å²) in [7, 11) is 0. The highest BCUT2D eigenvalue weighted by Gasteiger charge is 2.44. The molecule has 19 heavy (non-hydrogen) atoms. The summed E-state index contributed by atoms with van der Waals surface area (Å²) in [5.74, 6) is -3.80. The van der Waals surface area contributed by atoms with Crippen molar-refractivity contribution in [3.05, 3.63) is 23.3 Å². The summed E-state index contributed by atoms with van der Waals surface area (Å²) in [5.41, 5.74) is -4.30. The van der Waals surface area contributed by atoms with E-state index in [1.807, 2.05) is 0 Å². The van der Waals surface area contributed by atoms with Crippen LogP contribution in [0.4, 0.5) is 35.1 Å². The smallest absolute Gasteiger partial charge is 0.423 e. The summed E-state index contributed by atoms with van der Waals surface area (Å²) in [6.07, 6.45) is -10.8. The van der Waals surface area contributed by atoms with Gasteiger partial charge in [-0.05, 0) is 12.1 Å². The molecule has 1 aromatic rings. The maximum Gasteiger partial charge on any atom is 0.423 e. The van der Waals surface area contributed by atoms with Crippen LogP contribution >= 0.6 is 0 Å². The average Bonchev–Trinajstić information content (AvgIpc) is 2.11. The van der Waals surface area contributed by atoms with Crippen molar-refractivity contribution in [2.75, 3.05) is 0 Å². The zero-order valence-corrected chi connectivity index (χ0v) is 8.61. The molecule has 0 atom stereocenters. The van der Waals surface area contributed by atoms with Gasteiger partial charge in [0.05, 0.1) is 5.56 Å². The van der Waals surface area contributed by atoms with Gasteiger partial charge in [0.25, 0.3) is 0 Å². The molecule has 0 saturated heterocycles.